The normalized spacial score (nSPS) is 13.8. The molecule has 1 aliphatic rings. The first-order chi connectivity index (χ1) is 13.6. The summed E-state index contributed by atoms with van der Waals surface area (Å²) in [5, 5.41) is 5.90. The van der Waals surface area contributed by atoms with Crippen molar-refractivity contribution in [2.45, 2.75) is 18.9 Å². The molecule has 2 aromatic carbocycles. The van der Waals surface area contributed by atoms with Crippen molar-refractivity contribution >= 4 is 61.0 Å². The predicted molar refractivity (Wildman–Crippen MR) is 119 cm³/mol. The molecule has 0 saturated heterocycles. The van der Waals surface area contributed by atoms with E-state index in [0.29, 0.717) is 27.2 Å². The number of nitrogens with one attached hydrogen (secondary N) is 1. The van der Waals surface area contributed by atoms with Crippen LogP contribution >= 0.6 is 34.3 Å². The third-order valence-corrected chi connectivity index (χ3v) is 7.12. The third-order valence-electron chi connectivity index (χ3n) is 4.68. The van der Waals surface area contributed by atoms with Crippen LogP contribution in [0.15, 0.2) is 48.5 Å². The summed E-state index contributed by atoms with van der Waals surface area (Å²) in [5.74, 6) is -0.0922. The van der Waals surface area contributed by atoms with Gasteiger partial charge in [-0.1, -0.05) is 23.7 Å². The van der Waals surface area contributed by atoms with Crippen molar-refractivity contribution in [2.75, 3.05) is 11.1 Å². The van der Waals surface area contributed by atoms with Gasteiger partial charge < -0.3 is 11.1 Å². The highest BCUT2D eigenvalue weighted by Gasteiger charge is 2.29. The fourth-order valence-electron chi connectivity index (χ4n) is 3.05. The molecule has 0 atom stereocenters. The number of carbonyl (C=O) groups is 1. The van der Waals surface area contributed by atoms with Gasteiger partial charge in [0.05, 0.1) is 21.5 Å². The Hall–Kier alpha value is -2.41. The van der Waals surface area contributed by atoms with E-state index in [4.69, 9.17) is 22.3 Å². The average molecular weight is 426 g/mol. The average Bonchev–Trinajstić information content (AvgIpc) is 3.31. The van der Waals surface area contributed by atoms with Gasteiger partial charge in [-0.25, -0.2) is 4.98 Å². The standard InChI is InChI=1S/C21H16ClN3OS2/c22-12-7-5-11(6-8-12)18(26)19-17(23)16(20(28-19)24-13-9-10-13)21-25-14-3-1-2-4-15(14)27-21/h1-8,13,24H,9-10,23H2. The summed E-state index contributed by atoms with van der Waals surface area (Å²) >= 11 is 8.97. The minimum Gasteiger partial charge on any atom is -0.397 e. The molecule has 0 radical (unpaired) electrons. The Labute approximate surface area is 175 Å². The molecule has 2 heterocycles. The topological polar surface area (TPSA) is 68.0 Å². The maximum absolute atomic E-state index is 13.1. The molecule has 0 bridgehead atoms. The van der Waals surface area contributed by atoms with E-state index in [2.05, 4.69) is 5.32 Å². The van der Waals surface area contributed by atoms with Crippen LogP contribution in [0.4, 0.5) is 10.7 Å². The number of thiophene rings is 1. The summed E-state index contributed by atoms with van der Waals surface area (Å²) in [6, 6.07) is 15.4. The number of rotatable bonds is 5. The molecule has 140 valence electrons. The lowest BCUT2D eigenvalue weighted by Gasteiger charge is -2.04. The maximum atomic E-state index is 13.1. The van der Waals surface area contributed by atoms with Gasteiger partial charge in [-0.3, -0.25) is 4.79 Å². The second kappa shape index (κ2) is 6.88. The van der Waals surface area contributed by atoms with Crippen molar-refractivity contribution < 1.29 is 4.79 Å². The zero-order valence-electron chi connectivity index (χ0n) is 14.7. The first-order valence-electron chi connectivity index (χ1n) is 8.95. The van der Waals surface area contributed by atoms with Crippen molar-refractivity contribution in [1.29, 1.82) is 0 Å². The van der Waals surface area contributed by atoms with Gasteiger partial charge in [0.25, 0.3) is 0 Å². The van der Waals surface area contributed by atoms with E-state index in [1.807, 2.05) is 24.3 Å². The van der Waals surface area contributed by atoms with Gasteiger partial charge in [-0.2, -0.15) is 0 Å². The number of nitrogens with zero attached hydrogens (tertiary/aromatic N) is 1. The Morgan fingerprint density at radius 3 is 2.57 bits per heavy atom. The number of halogens is 1. The SMILES string of the molecule is Nc1c(C(=O)c2ccc(Cl)cc2)sc(NC2CC2)c1-c1nc2ccccc2s1. The molecule has 2 aromatic heterocycles. The number of para-hydroxylation sites is 1. The highest BCUT2D eigenvalue weighted by atomic mass is 35.5. The first kappa shape index (κ1) is 17.7. The summed E-state index contributed by atoms with van der Waals surface area (Å²) in [4.78, 5) is 18.4. The van der Waals surface area contributed by atoms with Gasteiger partial charge in [0.15, 0.2) is 0 Å². The number of carbonyl (C=O) groups excluding carboxylic acids is 1. The molecule has 1 fully saturated rings. The van der Waals surface area contributed by atoms with Crippen LogP contribution in [0, 0.1) is 0 Å². The van der Waals surface area contributed by atoms with E-state index in [-0.39, 0.29) is 5.78 Å². The molecule has 0 spiro atoms. The van der Waals surface area contributed by atoms with Crippen LogP contribution in [-0.4, -0.2) is 16.8 Å². The van der Waals surface area contributed by atoms with E-state index < -0.39 is 0 Å². The monoisotopic (exact) mass is 425 g/mol. The van der Waals surface area contributed by atoms with E-state index in [1.165, 1.54) is 11.3 Å². The fourth-order valence-corrected chi connectivity index (χ4v) is 5.43. The number of thiazole rings is 1. The first-order valence-corrected chi connectivity index (χ1v) is 11.0. The van der Waals surface area contributed by atoms with Crippen molar-refractivity contribution in [3.63, 3.8) is 0 Å². The number of benzene rings is 2. The lowest BCUT2D eigenvalue weighted by atomic mass is 10.1. The number of nitrogens with two attached hydrogens (primary N) is 1. The van der Waals surface area contributed by atoms with Crippen molar-refractivity contribution in [3.05, 3.63) is 64.0 Å². The van der Waals surface area contributed by atoms with Gasteiger partial charge in [0.2, 0.25) is 5.78 Å². The maximum Gasteiger partial charge on any atom is 0.205 e. The lowest BCUT2D eigenvalue weighted by molar-refractivity contribution is 0.104. The Morgan fingerprint density at radius 2 is 1.86 bits per heavy atom. The van der Waals surface area contributed by atoms with Gasteiger partial charge in [-0.05, 0) is 49.2 Å². The van der Waals surface area contributed by atoms with Gasteiger partial charge in [0.1, 0.15) is 14.9 Å². The van der Waals surface area contributed by atoms with Crippen LogP contribution in [0.5, 0.6) is 0 Å². The van der Waals surface area contributed by atoms with Gasteiger partial charge in [-0.15, -0.1) is 22.7 Å². The second-order valence-corrected chi connectivity index (χ2v) is 9.28. The van der Waals surface area contributed by atoms with Gasteiger partial charge in [0, 0.05) is 16.6 Å². The molecule has 0 unspecified atom stereocenters. The Morgan fingerprint density at radius 1 is 1.11 bits per heavy atom. The summed E-state index contributed by atoms with van der Waals surface area (Å²) in [6.07, 6.45) is 2.27. The number of fused-ring (bicyclic) bond motifs is 1. The zero-order valence-corrected chi connectivity index (χ0v) is 17.1. The van der Waals surface area contributed by atoms with E-state index in [0.717, 1.165) is 38.6 Å². The molecule has 1 aliphatic carbocycles. The molecule has 1 saturated carbocycles. The summed E-state index contributed by atoms with van der Waals surface area (Å²) in [7, 11) is 0. The Bertz CT molecular complexity index is 1160. The molecule has 0 aliphatic heterocycles. The van der Waals surface area contributed by atoms with E-state index in [9.17, 15) is 4.79 Å². The molecule has 28 heavy (non-hydrogen) atoms. The minimum absolute atomic E-state index is 0.0922. The summed E-state index contributed by atoms with van der Waals surface area (Å²) in [6.45, 7) is 0. The van der Waals surface area contributed by atoms with Crippen LogP contribution in [-0.2, 0) is 0 Å². The third kappa shape index (κ3) is 3.17. The number of anilines is 2. The van der Waals surface area contributed by atoms with Crippen LogP contribution in [0.1, 0.15) is 28.1 Å². The fraction of sp³-hybridized carbons (Fsp3) is 0.143. The van der Waals surface area contributed by atoms with E-state index in [1.54, 1.807) is 35.6 Å². The number of nitrogen functional groups attached to an aromatic ring is 1. The van der Waals surface area contributed by atoms with Crippen LogP contribution in [0.25, 0.3) is 20.8 Å². The lowest BCUT2D eigenvalue weighted by Crippen LogP contribution is -2.02. The summed E-state index contributed by atoms with van der Waals surface area (Å²) in [5.41, 5.74) is 9.36. The largest absolute Gasteiger partial charge is 0.397 e. The number of hydrogen-bond acceptors (Lipinski definition) is 6. The molecular weight excluding hydrogens is 410 g/mol. The highest BCUT2D eigenvalue weighted by Crippen LogP contribution is 2.47. The number of ketones is 1. The molecule has 5 rings (SSSR count). The summed E-state index contributed by atoms with van der Waals surface area (Å²) < 4.78 is 1.10. The number of hydrogen-bond donors (Lipinski definition) is 2. The van der Waals surface area contributed by atoms with Gasteiger partial charge >= 0.3 is 0 Å². The molecular formula is C21H16ClN3OS2. The van der Waals surface area contributed by atoms with Crippen LogP contribution < -0.4 is 11.1 Å². The molecule has 3 N–H and O–H groups in total. The molecule has 0 amide bonds. The Balaban J connectivity index is 1.63. The quantitative estimate of drug-likeness (QED) is 0.381. The predicted octanol–water partition coefficient (Wildman–Crippen LogP) is 6.07. The molecule has 4 aromatic rings. The second-order valence-electron chi connectivity index (χ2n) is 6.79. The van der Waals surface area contributed by atoms with Crippen LogP contribution in [0.3, 0.4) is 0 Å². The Kier molecular flexibility index (Phi) is 4.34. The van der Waals surface area contributed by atoms with Crippen molar-refractivity contribution in [2.24, 2.45) is 0 Å². The number of aromatic nitrogens is 1. The smallest absolute Gasteiger partial charge is 0.205 e. The van der Waals surface area contributed by atoms with Crippen molar-refractivity contribution in [3.8, 4) is 10.6 Å². The van der Waals surface area contributed by atoms with E-state index >= 15 is 0 Å². The molecule has 7 heteroatoms. The molecule has 4 nitrogen and oxygen atoms in total. The van der Waals surface area contributed by atoms with Crippen molar-refractivity contribution in [1.82, 2.24) is 4.98 Å². The van der Waals surface area contributed by atoms with Crippen LogP contribution in [0.2, 0.25) is 5.02 Å². The highest BCUT2D eigenvalue weighted by molar-refractivity contribution is 7.23. The zero-order chi connectivity index (χ0) is 19.3. The minimum atomic E-state index is -0.0922.